The van der Waals surface area contributed by atoms with Gasteiger partial charge in [-0.25, -0.2) is 0 Å². The van der Waals surface area contributed by atoms with Gasteiger partial charge < -0.3 is 15.4 Å². The maximum absolute atomic E-state index is 11.8. The number of nitrogens with one attached hydrogen (secondary N) is 2. The Bertz CT molecular complexity index is 715. The van der Waals surface area contributed by atoms with E-state index in [0.29, 0.717) is 5.75 Å². The van der Waals surface area contributed by atoms with Crippen molar-refractivity contribution < 1.29 is 9.53 Å². The molecule has 2 aromatic rings. The average Bonchev–Trinajstić information content (AvgIpc) is 2.77. The summed E-state index contributed by atoms with van der Waals surface area (Å²) in [4.78, 5) is 11.8. The molecule has 0 aromatic heterocycles. The number of hydrogen-bond donors (Lipinski definition) is 2. The molecular weight excluding hydrogens is 332 g/mol. The molecule has 0 saturated heterocycles. The van der Waals surface area contributed by atoms with Gasteiger partial charge in [-0.1, -0.05) is 28.1 Å². The maximum Gasteiger partial charge on any atom is 0.246 e. The van der Waals surface area contributed by atoms with Gasteiger partial charge in [0.2, 0.25) is 5.91 Å². The smallest absolute Gasteiger partial charge is 0.246 e. The number of rotatable bonds is 3. The van der Waals surface area contributed by atoms with Gasteiger partial charge in [0, 0.05) is 21.8 Å². The number of benzene rings is 2. The monoisotopic (exact) mass is 346 g/mol. The molecule has 3 rings (SSSR count). The minimum atomic E-state index is -0.290. The highest BCUT2D eigenvalue weighted by molar-refractivity contribution is 9.10. The fourth-order valence-electron chi connectivity index (χ4n) is 2.40. The fraction of sp³-hybridized carbons (Fsp3) is 0.188. The summed E-state index contributed by atoms with van der Waals surface area (Å²) in [6, 6.07) is 11.2. The Morgan fingerprint density at radius 2 is 2.05 bits per heavy atom. The van der Waals surface area contributed by atoms with Crippen LogP contribution in [-0.2, 0) is 4.79 Å². The van der Waals surface area contributed by atoms with E-state index in [1.807, 2.05) is 43.3 Å². The van der Waals surface area contributed by atoms with Gasteiger partial charge in [0.25, 0.3) is 0 Å². The molecule has 2 N–H and O–H groups in total. The van der Waals surface area contributed by atoms with Crippen LogP contribution in [0.15, 0.2) is 40.9 Å². The molecule has 21 heavy (non-hydrogen) atoms. The predicted molar refractivity (Wildman–Crippen MR) is 85.8 cm³/mol. The van der Waals surface area contributed by atoms with E-state index in [4.69, 9.17) is 4.74 Å². The van der Waals surface area contributed by atoms with Crippen molar-refractivity contribution in [3.8, 4) is 11.5 Å². The zero-order chi connectivity index (χ0) is 15.0. The number of amides is 1. The molecule has 0 bridgehead atoms. The van der Waals surface area contributed by atoms with Crippen molar-refractivity contribution in [2.24, 2.45) is 0 Å². The normalized spacial score (nSPS) is 16.5. The van der Waals surface area contributed by atoms with Gasteiger partial charge in [-0.05, 0) is 37.7 Å². The molecule has 1 atom stereocenters. The van der Waals surface area contributed by atoms with Gasteiger partial charge in [0.15, 0.2) is 0 Å². The highest BCUT2D eigenvalue weighted by Crippen LogP contribution is 2.36. The number of anilines is 1. The van der Waals surface area contributed by atoms with E-state index in [0.717, 1.165) is 27.0 Å². The molecule has 1 aliphatic rings. The standard InChI is InChI=1S/C16H15BrN2O2/c1-9-3-4-10(17)7-14(9)21-11-5-6-12-13(8-11)19-16(20)15(12)18-2/h3-8,15,18H,1-2H3,(H,19,20). The number of hydrogen-bond acceptors (Lipinski definition) is 3. The van der Waals surface area contributed by atoms with Crippen LogP contribution in [0.3, 0.4) is 0 Å². The van der Waals surface area contributed by atoms with Crippen LogP contribution in [0.25, 0.3) is 0 Å². The summed E-state index contributed by atoms with van der Waals surface area (Å²) in [6.07, 6.45) is 0. The molecule has 0 spiro atoms. The maximum atomic E-state index is 11.8. The van der Waals surface area contributed by atoms with Crippen molar-refractivity contribution in [2.75, 3.05) is 12.4 Å². The SMILES string of the molecule is CNC1C(=O)Nc2cc(Oc3cc(Br)ccc3C)ccc21. The lowest BCUT2D eigenvalue weighted by atomic mass is 10.1. The molecule has 1 aliphatic heterocycles. The molecule has 0 saturated carbocycles. The summed E-state index contributed by atoms with van der Waals surface area (Å²) in [7, 11) is 1.77. The van der Waals surface area contributed by atoms with E-state index in [-0.39, 0.29) is 11.9 Å². The lowest BCUT2D eigenvalue weighted by Crippen LogP contribution is -2.23. The fourth-order valence-corrected chi connectivity index (χ4v) is 2.74. The highest BCUT2D eigenvalue weighted by atomic mass is 79.9. The number of fused-ring (bicyclic) bond motifs is 1. The summed E-state index contributed by atoms with van der Waals surface area (Å²) < 4.78 is 6.88. The first-order valence-corrected chi connectivity index (χ1v) is 7.44. The topological polar surface area (TPSA) is 50.4 Å². The van der Waals surface area contributed by atoms with E-state index in [9.17, 15) is 4.79 Å². The van der Waals surface area contributed by atoms with Crippen LogP contribution in [0.2, 0.25) is 0 Å². The second-order valence-corrected chi connectivity index (χ2v) is 5.89. The first kappa shape index (κ1) is 14.1. The zero-order valence-corrected chi connectivity index (χ0v) is 13.3. The molecule has 1 amide bonds. The summed E-state index contributed by atoms with van der Waals surface area (Å²) in [6.45, 7) is 1.99. The van der Waals surface area contributed by atoms with Crippen LogP contribution in [0.4, 0.5) is 5.69 Å². The van der Waals surface area contributed by atoms with Crippen LogP contribution in [0.1, 0.15) is 17.2 Å². The quantitative estimate of drug-likeness (QED) is 0.889. The van der Waals surface area contributed by atoms with Gasteiger partial charge >= 0.3 is 0 Å². The molecule has 4 nitrogen and oxygen atoms in total. The molecule has 108 valence electrons. The third kappa shape index (κ3) is 2.66. The Kier molecular flexibility index (Phi) is 3.69. The van der Waals surface area contributed by atoms with Gasteiger partial charge in [0.05, 0.1) is 0 Å². The van der Waals surface area contributed by atoms with Gasteiger partial charge in [-0.15, -0.1) is 0 Å². The van der Waals surface area contributed by atoms with Crippen LogP contribution in [-0.4, -0.2) is 13.0 Å². The Labute approximate surface area is 131 Å². The molecule has 1 unspecified atom stereocenters. The van der Waals surface area contributed by atoms with Crippen LogP contribution in [0, 0.1) is 6.92 Å². The van der Waals surface area contributed by atoms with Crippen molar-refractivity contribution in [1.29, 1.82) is 0 Å². The minimum absolute atomic E-state index is 0.0386. The lowest BCUT2D eigenvalue weighted by molar-refractivity contribution is -0.117. The second kappa shape index (κ2) is 5.50. The minimum Gasteiger partial charge on any atom is -0.457 e. The molecule has 5 heteroatoms. The third-order valence-corrected chi connectivity index (χ3v) is 4.02. The Hall–Kier alpha value is -1.85. The van der Waals surface area contributed by atoms with Gasteiger partial charge in [-0.3, -0.25) is 4.79 Å². The average molecular weight is 347 g/mol. The zero-order valence-electron chi connectivity index (χ0n) is 11.7. The number of halogens is 1. The van der Waals surface area contributed by atoms with E-state index in [1.54, 1.807) is 7.05 Å². The number of aryl methyl sites for hydroxylation is 1. The van der Waals surface area contributed by atoms with Gasteiger partial charge in [0.1, 0.15) is 17.5 Å². The molecular formula is C16H15BrN2O2. The molecule has 0 aliphatic carbocycles. The van der Waals surface area contributed by atoms with Crippen molar-refractivity contribution in [3.05, 3.63) is 52.0 Å². The van der Waals surface area contributed by atoms with E-state index in [2.05, 4.69) is 26.6 Å². The number of carbonyl (C=O) groups is 1. The number of carbonyl (C=O) groups excluding carboxylic acids is 1. The Balaban J connectivity index is 1.90. The Morgan fingerprint density at radius 3 is 2.81 bits per heavy atom. The van der Waals surface area contributed by atoms with Crippen molar-refractivity contribution >= 4 is 27.5 Å². The second-order valence-electron chi connectivity index (χ2n) is 4.97. The number of ether oxygens (including phenoxy) is 1. The van der Waals surface area contributed by atoms with Crippen LogP contribution >= 0.6 is 15.9 Å². The largest absolute Gasteiger partial charge is 0.457 e. The molecule has 0 radical (unpaired) electrons. The van der Waals surface area contributed by atoms with Crippen LogP contribution < -0.4 is 15.4 Å². The highest BCUT2D eigenvalue weighted by Gasteiger charge is 2.29. The Morgan fingerprint density at radius 1 is 1.24 bits per heavy atom. The third-order valence-electron chi connectivity index (χ3n) is 3.52. The first-order valence-electron chi connectivity index (χ1n) is 6.64. The predicted octanol–water partition coefficient (Wildman–Crippen LogP) is 3.76. The van der Waals surface area contributed by atoms with Crippen molar-refractivity contribution in [1.82, 2.24) is 5.32 Å². The summed E-state index contributed by atoms with van der Waals surface area (Å²) >= 11 is 3.44. The van der Waals surface area contributed by atoms with Crippen molar-refractivity contribution in [3.63, 3.8) is 0 Å². The van der Waals surface area contributed by atoms with Crippen LogP contribution in [0.5, 0.6) is 11.5 Å². The number of likely N-dealkylation sites (N-methyl/N-ethyl adjacent to an activating group) is 1. The van der Waals surface area contributed by atoms with E-state index < -0.39 is 0 Å². The summed E-state index contributed by atoms with van der Waals surface area (Å²) in [5, 5.41) is 5.86. The van der Waals surface area contributed by atoms with E-state index >= 15 is 0 Å². The molecule has 0 fully saturated rings. The van der Waals surface area contributed by atoms with Crippen molar-refractivity contribution in [2.45, 2.75) is 13.0 Å². The summed E-state index contributed by atoms with van der Waals surface area (Å²) in [5.74, 6) is 1.45. The molecule has 1 heterocycles. The summed E-state index contributed by atoms with van der Waals surface area (Å²) in [5.41, 5.74) is 2.79. The first-order chi connectivity index (χ1) is 10.1. The van der Waals surface area contributed by atoms with E-state index in [1.165, 1.54) is 0 Å². The van der Waals surface area contributed by atoms with Gasteiger partial charge in [-0.2, -0.15) is 0 Å². The molecule has 2 aromatic carbocycles. The lowest BCUT2D eigenvalue weighted by Gasteiger charge is -2.11.